The van der Waals surface area contributed by atoms with Crippen LogP contribution < -0.4 is 9.47 Å². The maximum Gasteiger partial charge on any atom is 0.410 e. The molecule has 4 rings (SSSR count). The van der Waals surface area contributed by atoms with Gasteiger partial charge in [0.2, 0.25) is 11.8 Å². The van der Waals surface area contributed by atoms with Crippen molar-refractivity contribution in [3.8, 4) is 11.5 Å². The number of aromatic nitrogens is 2. The van der Waals surface area contributed by atoms with Crippen molar-refractivity contribution in [2.45, 2.75) is 64.4 Å². The maximum atomic E-state index is 13.0. The lowest BCUT2D eigenvalue weighted by atomic mass is 10.1. The van der Waals surface area contributed by atoms with Gasteiger partial charge in [0.25, 0.3) is 0 Å². The number of hydrogen-bond acceptors (Lipinski definition) is 9. The molecule has 3 heterocycles. The summed E-state index contributed by atoms with van der Waals surface area (Å²) < 4.78 is 17.1. The van der Waals surface area contributed by atoms with Crippen molar-refractivity contribution in [2.24, 2.45) is 9.98 Å². The van der Waals surface area contributed by atoms with Crippen LogP contribution in [-0.2, 0) is 9.53 Å². The van der Waals surface area contributed by atoms with Gasteiger partial charge < -0.3 is 24.0 Å². The minimum atomic E-state index is -0.670. The molecule has 2 amide bonds. The van der Waals surface area contributed by atoms with E-state index in [2.05, 4.69) is 15.0 Å². The molecule has 11 heteroatoms. The lowest BCUT2D eigenvalue weighted by Gasteiger charge is -2.36. The second-order valence-electron chi connectivity index (χ2n) is 10.2. The first-order valence-corrected chi connectivity index (χ1v) is 12.6. The molecule has 0 spiro atoms. The van der Waals surface area contributed by atoms with E-state index in [-0.39, 0.29) is 24.6 Å². The minimum absolute atomic E-state index is 0.190. The number of aliphatic imine (C=N–C) groups is 2. The van der Waals surface area contributed by atoms with Crippen LogP contribution in [0.2, 0.25) is 0 Å². The van der Waals surface area contributed by atoms with Gasteiger partial charge in [0, 0.05) is 44.2 Å². The third kappa shape index (κ3) is 6.64. The van der Waals surface area contributed by atoms with E-state index in [0.29, 0.717) is 29.5 Å². The van der Waals surface area contributed by atoms with Crippen molar-refractivity contribution in [2.75, 3.05) is 20.2 Å². The van der Waals surface area contributed by atoms with Crippen molar-refractivity contribution in [3.63, 3.8) is 0 Å². The van der Waals surface area contributed by atoms with E-state index in [4.69, 9.17) is 19.2 Å². The quantitative estimate of drug-likeness (QED) is 0.568. The predicted molar refractivity (Wildman–Crippen MR) is 141 cm³/mol. The molecule has 1 aromatic carbocycles. The number of ether oxygens (including phenoxy) is 3. The third-order valence-electron chi connectivity index (χ3n) is 6.18. The zero-order valence-corrected chi connectivity index (χ0v) is 22.4. The number of nitrogens with zero attached hydrogens (tertiary/aromatic N) is 6. The molecule has 202 valence electrons. The van der Waals surface area contributed by atoms with E-state index in [1.807, 2.05) is 20.8 Å². The number of rotatable bonds is 6. The molecule has 1 fully saturated rings. The fraction of sp³-hybridized carbons (Fsp3) is 0.481. The number of carbonyl (C=O) groups is 2. The van der Waals surface area contributed by atoms with Crippen LogP contribution in [0, 0.1) is 0 Å². The number of amides is 2. The zero-order valence-electron chi connectivity index (χ0n) is 22.4. The molecular weight excluding hydrogens is 488 g/mol. The maximum absolute atomic E-state index is 13.0. The Kier molecular flexibility index (Phi) is 8.23. The zero-order chi connectivity index (χ0) is 27.3. The molecule has 0 N–H and O–H groups in total. The Morgan fingerprint density at radius 3 is 2.42 bits per heavy atom. The molecule has 0 saturated carbocycles. The van der Waals surface area contributed by atoms with Crippen molar-refractivity contribution in [1.29, 1.82) is 0 Å². The Bertz CT molecular complexity index is 1180. The Morgan fingerprint density at radius 2 is 1.79 bits per heavy atom. The highest BCUT2D eigenvalue weighted by Gasteiger charge is 2.38. The lowest BCUT2D eigenvalue weighted by molar-refractivity contribution is -0.129. The molecule has 1 saturated heterocycles. The van der Waals surface area contributed by atoms with E-state index in [1.165, 1.54) is 13.3 Å². The Labute approximate surface area is 222 Å². The topological polar surface area (TPSA) is 119 Å². The SMILES string of the molecule is COc1ccc(OC2=NC(c3cncnc3)N=CC2N(CC2CCCN2C(=O)OC(C)(C)C)C(C)=O)cc1. The summed E-state index contributed by atoms with van der Waals surface area (Å²) in [5.74, 6) is 1.34. The molecule has 3 unspecified atom stereocenters. The Balaban J connectivity index is 1.60. The minimum Gasteiger partial charge on any atom is -0.497 e. The van der Waals surface area contributed by atoms with E-state index in [0.717, 1.165) is 12.8 Å². The third-order valence-corrected chi connectivity index (χ3v) is 6.18. The summed E-state index contributed by atoms with van der Waals surface area (Å²) in [5, 5.41) is 0. The average molecular weight is 523 g/mol. The predicted octanol–water partition coefficient (Wildman–Crippen LogP) is 3.66. The Morgan fingerprint density at radius 1 is 1.11 bits per heavy atom. The van der Waals surface area contributed by atoms with Gasteiger partial charge in [-0.25, -0.2) is 19.8 Å². The monoisotopic (exact) mass is 522 g/mol. The molecule has 11 nitrogen and oxygen atoms in total. The first-order valence-electron chi connectivity index (χ1n) is 12.6. The van der Waals surface area contributed by atoms with Crippen LogP contribution in [0.5, 0.6) is 11.5 Å². The molecule has 2 aliphatic heterocycles. The number of carbonyl (C=O) groups excluding carboxylic acids is 2. The van der Waals surface area contributed by atoms with Crippen molar-refractivity contribution < 1.29 is 23.8 Å². The van der Waals surface area contributed by atoms with Crippen LogP contribution in [0.4, 0.5) is 4.79 Å². The largest absolute Gasteiger partial charge is 0.497 e. The molecule has 3 atom stereocenters. The molecular formula is C27H34N6O5. The summed E-state index contributed by atoms with van der Waals surface area (Å²) in [6.45, 7) is 7.86. The highest BCUT2D eigenvalue weighted by molar-refractivity contribution is 6.03. The van der Waals surface area contributed by atoms with Gasteiger partial charge in [0.1, 0.15) is 29.5 Å². The highest BCUT2D eigenvalue weighted by Crippen LogP contribution is 2.27. The van der Waals surface area contributed by atoms with Crippen LogP contribution in [0.25, 0.3) is 0 Å². The standard InChI is InChI=1S/C27H34N6O5/c1-18(34)33(16-20-7-6-12-32(20)26(35)38-27(2,3)4)23-15-30-24(19-13-28-17-29-14-19)31-25(23)37-22-10-8-21(36-5)9-11-22/h8-11,13-15,17,20,23-24H,6-7,12,16H2,1-5H3. The van der Waals surface area contributed by atoms with Crippen LogP contribution in [0.1, 0.15) is 52.3 Å². The van der Waals surface area contributed by atoms with Gasteiger partial charge in [-0.05, 0) is 57.9 Å². The van der Waals surface area contributed by atoms with Crippen LogP contribution in [0.3, 0.4) is 0 Å². The van der Waals surface area contributed by atoms with Gasteiger partial charge in [-0.3, -0.25) is 9.79 Å². The smallest absolute Gasteiger partial charge is 0.410 e. The van der Waals surface area contributed by atoms with Crippen molar-refractivity contribution in [1.82, 2.24) is 19.8 Å². The van der Waals surface area contributed by atoms with Gasteiger partial charge >= 0.3 is 6.09 Å². The molecule has 2 aromatic rings. The van der Waals surface area contributed by atoms with Crippen molar-refractivity contribution >= 4 is 24.1 Å². The summed E-state index contributed by atoms with van der Waals surface area (Å²) in [6.07, 6.45) is 6.97. The van der Waals surface area contributed by atoms with Gasteiger partial charge in [-0.15, -0.1) is 0 Å². The first kappa shape index (κ1) is 27.0. The van der Waals surface area contributed by atoms with Crippen LogP contribution >= 0.6 is 0 Å². The number of hydrogen-bond donors (Lipinski definition) is 0. The number of benzene rings is 1. The normalized spacial score (nSPS) is 21.0. The van der Waals surface area contributed by atoms with Crippen molar-refractivity contribution in [3.05, 3.63) is 48.5 Å². The summed E-state index contributed by atoms with van der Waals surface area (Å²) >= 11 is 0. The summed E-state index contributed by atoms with van der Waals surface area (Å²) in [4.78, 5) is 46.6. The van der Waals surface area contributed by atoms with Crippen LogP contribution in [0.15, 0.2) is 53.0 Å². The molecule has 1 aromatic heterocycles. The highest BCUT2D eigenvalue weighted by atomic mass is 16.6. The molecule has 2 aliphatic rings. The number of methoxy groups -OCH3 is 1. The molecule has 0 radical (unpaired) electrons. The van der Waals surface area contributed by atoms with E-state index < -0.39 is 17.8 Å². The summed E-state index contributed by atoms with van der Waals surface area (Å²) in [7, 11) is 1.59. The average Bonchev–Trinajstić information content (AvgIpc) is 3.36. The van der Waals surface area contributed by atoms with E-state index in [9.17, 15) is 9.59 Å². The molecule has 0 aliphatic carbocycles. The molecule has 38 heavy (non-hydrogen) atoms. The summed E-state index contributed by atoms with van der Waals surface area (Å²) in [5.41, 5.74) is 0.0854. The first-order chi connectivity index (χ1) is 18.1. The van der Waals surface area contributed by atoms with Gasteiger partial charge in [-0.1, -0.05) is 0 Å². The van der Waals surface area contributed by atoms with Crippen LogP contribution in [-0.4, -0.2) is 81.8 Å². The van der Waals surface area contributed by atoms with Gasteiger partial charge in [0.15, 0.2) is 6.17 Å². The van der Waals surface area contributed by atoms with Gasteiger partial charge in [0.05, 0.1) is 13.2 Å². The second-order valence-corrected chi connectivity index (χ2v) is 10.2. The Hall–Kier alpha value is -4.02. The van der Waals surface area contributed by atoms with Gasteiger partial charge in [-0.2, -0.15) is 0 Å². The fourth-order valence-electron chi connectivity index (χ4n) is 4.38. The second kappa shape index (κ2) is 11.6. The molecule has 0 bridgehead atoms. The summed E-state index contributed by atoms with van der Waals surface area (Å²) in [6, 6.07) is 6.23. The lowest BCUT2D eigenvalue weighted by Crippen LogP contribution is -2.53. The van der Waals surface area contributed by atoms with E-state index in [1.54, 1.807) is 59.8 Å². The number of likely N-dealkylation sites (tertiary alicyclic amines) is 1. The van der Waals surface area contributed by atoms with E-state index >= 15 is 0 Å². The fourth-order valence-corrected chi connectivity index (χ4v) is 4.38.